The standard InChI is InChI=1S/C15H20O.C9H10O2.C2H6/c1-12-6-4-8-15(13(2)11-10-12)9-5-7-14(3)16;1-7-3-5-8(6-4-7)9(10)11-2;1-2/h4-7,9-10,16H,8,11H2,1-3H3;3-6H,1-2H3;1-2H3/b6-4-,9-5-,12-10?,14-7+,15-13+;;. The van der Waals surface area contributed by atoms with E-state index in [1.807, 2.05) is 39.0 Å². The van der Waals surface area contributed by atoms with Gasteiger partial charge in [0, 0.05) is 0 Å². The van der Waals surface area contributed by atoms with Crippen LogP contribution in [0.3, 0.4) is 0 Å². The molecule has 1 aliphatic rings. The molecule has 0 aromatic heterocycles. The lowest BCUT2D eigenvalue weighted by molar-refractivity contribution is 0.0600. The Morgan fingerprint density at radius 3 is 2.24 bits per heavy atom. The van der Waals surface area contributed by atoms with E-state index in [9.17, 15) is 4.79 Å². The van der Waals surface area contributed by atoms with E-state index in [0.29, 0.717) is 11.3 Å². The van der Waals surface area contributed by atoms with Gasteiger partial charge in [0.2, 0.25) is 0 Å². The van der Waals surface area contributed by atoms with Crippen molar-refractivity contribution < 1.29 is 14.6 Å². The molecular weight excluding hydrogens is 360 g/mol. The number of aliphatic hydroxyl groups excluding tert-OH is 1. The minimum atomic E-state index is -0.287. The van der Waals surface area contributed by atoms with Crippen LogP contribution in [0.15, 0.2) is 83.2 Å². The zero-order chi connectivity index (χ0) is 22.2. The molecule has 1 N–H and O–H groups in total. The number of hydrogen-bond acceptors (Lipinski definition) is 3. The van der Waals surface area contributed by atoms with E-state index in [-0.39, 0.29) is 5.97 Å². The number of benzene rings is 1. The highest BCUT2D eigenvalue weighted by Crippen LogP contribution is 2.19. The van der Waals surface area contributed by atoms with Crippen LogP contribution >= 0.6 is 0 Å². The number of hydrogen-bond donors (Lipinski definition) is 1. The summed E-state index contributed by atoms with van der Waals surface area (Å²) in [5, 5.41) is 9.05. The van der Waals surface area contributed by atoms with Crippen molar-refractivity contribution in [1.82, 2.24) is 0 Å². The fraction of sp³-hybridized carbons (Fsp3) is 0.346. The summed E-state index contributed by atoms with van der Waals surface area (Å²) in [7, 11) is 1.38. The Kier molecular flexibility index (Phi) is 13.7. The Hall–Kier alpha value is -2.81. The Bertz CT molecular complexity index is 769. The predicted octanol–water partition coefficient (Wildman–Crippen LogP) is 7.43. The first-order valence-electron chi connectivity index (χ1n) is 10.0. The molecule has 0 unspecified atom stereocenters. The van der Waals surface area contributed by atoms with Gasteiger partial charge in [0.25, 0.3) is 0 Å². The fourth-order valence-corrected chi connectivity index (χ4v) is 2.38. The summed E-state index contributed by atoms with van der Waals surface area (Å²) < 4.78 is 4.54. The number of allylic oxidation sites excluding steroid dienone is 10. The Labute approximate surface area is 176 Å². The quantitative estimate of drug-likeness (QED) is 0.328. The average Bonchev–Trinajstić information content (AvgIpc) is 2.71. The first kappa shape index (κ1) is 26.2. The number of ether oxygens (including phenoxy) is 1. The minimum Gasteiger partial charge on any atom is -0.513 e. The zero-order valence-corrected chi connectivity index (χ0v) is 19.0. The number of esters is 1. The first-order valence-corrected chi connectivity index (χ1v) is 10.0. The molecule has 0 saturated carbocycles. The van der Waals surface area contributed by atoms with Crippen molar-refractivity contribution in [1.29, 1.82) is 0 Å². The number of aryl methyl sites for hydroxylation is 1. The third-order valence-corrected chi connectivity index (χ3v) is 4.10. The lowest BCUT2D eigenvalue weighted by Crippen LogP contribution is -2.00. The maximum Gasteiger partial charge on any atom is 0.337 e. The second-order valence-corrected chi connectivity index (χ2v) is 6.59. The molecule has 158 valence electrons. The number of methoxy groups -OCH3 is 1. The molecule has 1 aromatic carbocycles. The second kappa shape index (κ2) is 15.2. The molecule has 0 aliphatic heterocycles. The van der Waals surface area contributed by atoms with Crippen LogP contribution in [0.4, 0.5) is 0 Å². The number of aliphatic hydroxyl groups is 1. The summed E-state index contributed by atoms with van der Waals surface area (Å²) >= 11 is 0. The van der Waals surface area contributed by atoms with Gasteiger partial charge in [0.1, 0.15) is 0 Å². The molecule has 1 aliphatic carbocycles. The van der Waals surface area contributed by atoms with Gasteiger partial charge in [0.05, 0.1) is 18.4 Å². The molecule has 29 heavy (non-hydrogen) atoms. The molecule has 0 fully saturated rings. The fourth-order valence-electron chi connectivity index (χ4n) is 2.38. The van der Waals surface area contributed by atoms with Crippen LogP contribution in [0.25, 0.3) is 0 Å². The van der Waals surface area contributed by atoms with Gasteiger partial charge in [-0.25, -0.2) is 4.79 Å². The SMILES string of the molecule is CC.CC1=CC/C(C)=C(/C=C\C=C(/C)O)C/C=C\1.COC(=O)c1ccc(C)cc1. The highest BCUT2D eigenvalue weighted by Gasteiger charge is 2.02. The Morgan fingerprint density at radius 1 is 1.07 bits per heavy atom. The van der Waals surface area contributed by atoms with Gasteiger partial charge in [0.15, 0.2) is 0 Å². The van der Waals surface area contributed by atoms with Crippen LogP contribution in [-0.4, -0.2) is 18.2 Å². The van der Waals surface area contributed by atoms with Gasteiger partial charge in [-0.15, -0.1) is 0 Å². The van der Waals surface area contributed by atoms with Crippen molar-refractivity contribution in [3.8, 4) is 0 Å². The third kappa shape index (κ3) is 11.6. The van der Waals surface area contributed by atoms with Gasteiger partial charge < -0.3 is 9.84 Å². The lowest BCUT2D eigenvalue weighted by atomic mass is 9.99. The summed E-state index contributed by atoms with van der Waals surface area (Å²) in [6.45, 7) is 11.9. The van der Waals surface area contributed by atoms with E-state index in [2.05, 4.69) is 42.9 Å². The predicted molar refractivity (Wildman–Crippen MR) is 124 cm³/mol. The average molecular weight is 397 g/mol. The maximum atomic E-state index is 10.9. The van der Waals surface area contributed by atoms with Crippen LogP contribution in [0.2, 0.25) is 0 Å². The molecule has 3 heteroatoms. The van der Waals surface area contributed by atoms with E-state index in [1.165, 1.54) is 23.8 Å². The van der Waals surface area contributed by atoms with Crippen LogP contribution in [0, 0.1) is 6.92 Å². The number of rotatable bonds is 3. The number of carbonyl (C=O) groups is 1. The summed E-state index contributed by atoms with van der Waals surface area (Å²) in [5.74, 6) is 0.0524. The van der Waals surface area contributed by atoms with Crippen molar-refractivity contribution in [3.63, 3.8) is 0 Å². The molecule has 2 rings (SSSR count). The molecule has 0 saturated heterocycles. The third-order valence-electron chi connectivity index (χ3n) is 4.10. The van der Waals surface area contributed by atoms with Crippen LogP contribution in [-0.2, 0) is 4.74 Å². The maximum absolute atomic E-state index is 10.9. The topological polar surface area (TPSA) is 46.5 Å². The first-order chi connectivity index (χ1) is 13.8. The second-order valence-electron chi connectivity index (χ2n) is 6.59. The van der Waals surface area contributed by atoms with Crippen molar-refractivity contribution in [2.45, 2.75) is 54.4 Å². The highest BCUT2D eigenvalue weighted by atomic mass is 16.5. The smallest absolute Gasteiger partial charge is 0.337 e. The van der Waals surface area contributed by atoms with Crippen molar-refractivity contribution in [2.75, 3.05) is 7.11 Å². The molecular formula is C26H36O3. The van der Waals surface area contributed by atoms with Crippen molar-refractivity contribution in [3.05, 3.63) is 94.3 Å². The highest BCUT2D eigenvalue weighted by molar-refractivity contribution is 5.89. The van der Waals surface area contributed by atoms with Gasteiger partial charge in [-0.3, -0.25) is 0 Å². The van der Waals surface area contributed by atoms with E-state index >= 15 is 0 Å². The van der Waals surface area contributed by atoms with Crippen molar-refractivity contribution in [2.24, 2.45) is 0 Å². The van der Waals surface area contributed by atoms with E-state index in [4.69, 9.17) is 5.11 Å². The summed E-state index contributed by atoms with van der Waals surface area (Å²) in [6.07, 6.45) is 14.3. The zero-order valence-electron chi connectivity index (χ0n) is 19.0. The molecule has 0 atom stereocenters. The van der Waals surface area contributed by atoms with Gasteiger partial charge in [-0.1, -0.05) is 73.1 Å². The summed E-state index contributed by atoms with van der Waals surface area (Å²) in [6, 6.07) is 7.26. The molecule has 0 spiro atoms. The van der Waals surface area contributed by atoms with E-state index in [0.717, 1.165) is 18.4 Å². The van der Waals surface area contributed by atoms with Crippen LogP contribution in [0.5, 0.6) is 0 Å². The number of carbonyl (C=O) groups excluding carboxylic acids is 1. The van der Waals surface area contributed by atoms with Crippen LogP contribution < -0.4 is 0 Å². The van der Waals surface area contributed by atoms with Crippen LogP contribution in [0.1, 0.15) is 63.4 Å². The molecule has 0 radical (unpaired) electrons. The largest absolute Gasteiger partial charge is 0.513 e. The lowest BCUT2D eigenvalue weighted by Gasteiger charge is -2.07. The van der Waals surface area contributed by atoms with Gasteiger partial charge in [-0.05, 0) is 64.3 Å². The van der Waals surface area contributed by atoms with Crippen molar-refractivity contribution >= 4 is 5.97 Å². The Balaban J connectivity index is 0.000000526. The molecule has 0 amide bonds. The minimum absolute atomic E-state index is 0.287. The molecule has 1 aromatic rings. The summed E-state index contributed by atoms with van der Waals surface area (Å²) in [4.78, 5) is 10.9. The van der Waals surface area contributed by atoms with E-state index in [1.54, 1.807) is 25.1 Å². The normalized spacial score (nSPS) is 17.6. The van der Waals surface area contributed by atoms with Gasteiger partial charge >= 0.3 is 5.97 Å². The molecule has 0 heterocycles. The molecule has 0 bridgehead atoms. The Morgan fingerprint density at radius 2 is 1.69 bits per heavy atom. The monoisotopic (exact) mass is 396 g/mol. The molecule has 3 nitrogen and oxygen atoms in total. The van der Waals surface area contributed by atoms with E-state index < -0.39 is 0 Å². The summed E-state index contributed by atoms with van der Waals surface area (Å²) in [5.41, 5.74) is 5.78. The van der Waals surface area contributed by atoms with Gasteiger partial charge in [-0.2, -0.15) is 0 Å².